The van der Waals surface area contributed by atoms with E-state index in [9.17, 15) is 4.79 Å². The molecule has 18 heavy (non-hydrogen) atoms. The van der Waals surface area contributed by atoms with Crippen LogP contribution in [0.25, 0.3) is 0 Å². The van der Waals surface area contributed by atoms with Gasteiger partial charge >= 0.3 is 0 Å². The Morgan fingerprint density at radius 3 is 2.11 bits per heavy atom. The van der Waals surface area contributed by atoms with E-state index in [1.165, 1.54) is 11.1 Å². The highest BCUT2D eigenvalue weighted by Crippen LogP contribution is 2.16. The summed E-state index contributed by atoms with van der Waals surface area (Å²) in [5.74, 6) is 0.293. The Labute approximate surface area is 109 Å². The van der Waals surface area contributed by atoms with Crippen LogP contribution in [0.15, 0.2) is 24.3 Å². The van der Waals surface area contributed by atoms with Crippen molar-refractivity contribution >= 4 is 5.91 Å². The van der Waals surface area contributed by atoms with Gasteiger partial charge in [0.2, 0.25) is 5.91 Å². The Kier molecular flexibility index (Phi) is 4.02. The SMILES string of the molecule is CC(C)C(N)C(=O)N1CCc2ccccc2CC1. The molecule has 0 saturated carbocycles. The van der Waals surface area contributed by atoms with Crippen LogP contribution in [0.4, 0.5) is 0 Å². The van der Waals surface area contributed by atoms with Gasteiger partial charge in [-0.25, -0.2) is 0 Å². The smallest absolute Gasteiger partial charge is 0.239 e. The lowest BCUT2D eigenvalue weighted by atomic mass is 10.0. The van der Waals surface area contributed by atoms with Crippen LogP contribution in [0.5, 0.6) is 0 Å². The fraction of sp³-hybridized carbons (Fsp3) is 0.533. The maximum absolute atomic E-state index is 12.2. The summed E-state index contributed by atoms with van der Waals surface area (Å²) in [6.45, 7) is 5.57. The van der Waals surface area contributed by atoms with E-state index in [4.69, 9.17) is 5.73 Å². The van der Waals surface area contributed by atoms with E-state index in [2.05, 4.69) is 24.3 Å². The lowest BCUT2D eigenvalue weighted by Crippen LogP contribution is -2.47. The predicted octanol–water partition coefficient (Wildman–Crippen LogP) is 1.60. The quantitative estimate of drug-likeness (QED) is 0.861. The van der Waals surface area contributed by atoms with Crippen LogP contribution in [-0.4, -0.2) is 29.9 Å². The number of nitrogens with two attached hydrogens (primary N) is 1. The summed E-state index contributed by atoms with van der Waals surface area (Å²) < 4.78 is 0. The molecule has 1 unspecified atom stereocenters. The summed E-state index contributed by atoms with van der Waals surface area (Å²) >= 11 is 0. The molecule has 2 rings (SSSR count). The standard InChI is InChI=1S/C15H22N2O/c1-11(2)14(16)15(18)17-9-7-12-5-3-4-6-13(12)8-10-17/h3-6,11,14H,7-10,16H2,1-2H3. The summed E-state index contributed by atoms with van der Waals surface area (Å²) in [5, 5.41) is 0. The molecule has 1 atom stereocenters. The largest absolute Gasteiger partial charge is 0.341 e. The summed E-state index contributed by atoms with van der Waals surface area (Å²) in [6, 6.07) is 8.08. The van der Waals surface area contributed by atoms with Gasteiger partial charge < -0.3 is 10.6 Å². The van der Waals surface area contributed by atoms with Crippen LogP contribution in [-0.2, 0) is 17.6 Å². The van der Waals surface area contributed by atoms with E-state index in [0.29, 0.717) is 0 Å². The third kappa shape index (κ3) is 2.72. The van der Waals surface area contributed by atoms with Gasteiger partial charge in [-0.15, -0.1) is 0 Å². The molecule has 3 heteroatoms. The van der Waals surface area contributed by atoms with Crippen LogP contribution in [0.1, 0.15) is 25.0 Å². The molecule has 1 aliphatic heterocycles. The zero-order valence-electron chi connectivity index (χ0n) is 11.2. The number of carbonyl (C=O) groups excluding carboxylic acids is 1. The average molecular weight is 246 g/mol. The van der Waals surface area contributed by atoms with Gasteiger partial charge in [0.05, 0.1) is 6.04 Å². The van der Waals surface area contributed by atoms with Crippen molar-refractivity contribution < 1.29 is 4.79 Å². The van der Waals surface area contributed by atoms with E-state index in [1.54, 1.807) is 0 Å². The van der Waals surface area contributed by atoms with E-state index < -0.39 is 0 Å². The number of fused-ring (bicyclic) bond motifs is 1. The fourth-order valence-corrected chi connectivity index (χ4v) is 2.38. The number of rotatable bonds is 2. The predicted molar refractivity (Wildman–Crippen MR) is 73.2 cm³/mol. The van der Waals surface area contributed by atoms with Gasteiger partial charge in [-0.05, 0) is 29.9 Å². The molecule has 0 fully saturated rings. The van der Waals surface area contributed by atoms with E-state index in [-0.39, 0.29) is 17.9 Å². The molecule has 1 aliphatic rings. The van der Waals surface area contributed by atoms with Crippen molar-refractivity contribution in [2.75, 3.05) is 13.1 Å². The number of amides is 1. The van der Waals surface area contributed by atoms with Gasteiger partial charge in [-0.2, -0.15) is 0 Å². The van der Waals surface area contributed by atoms with Gasteiger partial charge in [-0.3, -0.25) is 4.79 Å². The molecule has 1 amide bonds. The first-order valence-corrected chi connectivity index (χ1v) is 6.70. The zero-order valence-corrected chi connectivity index (χ0v) is 11.2. The Hall–Kier alpha value is -1.35. The van der Waals surface area contributed by atoms with Crippen LogP contribution < -0.4 is 5.73 Å². The highest BCUT2D eigenvalue weighted by atomic mass is 16.2. The number of hydrogen-bond donors (Lipinski definition) is 1. The van der Waals surface area contributed by atoms with E-state index in [0.717, 1.165) is 25.9 Å². The molecule has 1 aromatic carbocycles. The number of benzene rings is 1. The van der Waals surface area contributed by atoms with Crippen molar-refractivity contribution in [3.05, 3.63) is 35.4 Å². The minimum Gasteiger partial charge on any atom is -0.341 e. The van der Waals surface area contributed by atoms with E-state index >= 15 is 0 Å². The maximum atomic E-state index is 12.2. The highest BCUT2D eigenvalue weighted by Gasteiger charge is 2.24. The molecule has 0 aromatic heterocycles. The lowest BCUT2D eigenvalue weighted by Gasteiger charge is -2.25. The van der Waals surface area contributed by atoms with Crippen molar-refractivity contribution in [2.45, 2.75) is 32.7 Å². The first kappa shape index (κ1) is 13.1. The van der Waals surface area contributed by atoms with Gasteiger partial charge in [0.25, 0.3) is 0 Å². The van der Waals surface area contributed by atoms with E-state index in [1.807, 2.05) is 18.7 Å². The molecule has 3 nitrogen and oxygen atoms in total. The van der Waals surface area contributed by atoms with Crippen molar-refractivity contribution in [1.82, 2.24) is 4.90 Å². The van der Waals surface area contributed by atoms with Crippen molar-refractivity contribution in [3.63, 3.8) is 0 Å². The van der Waals surface area contributed by atoms with Gasteiger partial charge in [0.15, 0.2) is 0 Å². The first-order valence-electron chi connectivity index (χ1n) is 6.70. The molecule has 1 heterocycles. The molecule has 0 aliphatic carbocycles. The minimum atomic E-state index is -0.369. The van der Waals surface area contributed by atoms with Crippen molar-refractivity contribution in [2.24, 2.45) is 11.7 Å². The van der Waals surface area contributed by atoms with Crippen LogP contribution in [0.2, 0.25) is 0 Å². The highest BCUT2D eigenvalue weighted by molar-refractivity contribution is 5.82. The number of carbonyl (C=O) groups is 1. The summed E-state index contributed by atoms with van der Waals surface area (Å²) in [7, 11) is 0. The topological polar surface area (TPSA) is 46.3 Å². The minimum absolute atomic E-state index is 0.0952. The second kappa shape index (κ2) is 5.53. The molecule has 2 N–H and O–H groups in total. The first-order chi connectivity index (χ1) is 8.59. The van der Waals surface area contributed by atoms with Gasteiger partial charge in [0, 0.05) is 13.1 Å². The Morgan fingerprint density at radius 2 is 1.67 bits per heavy atom. The molecule has 0 bridgehead atoms. The van der Waals surface area contributed by atoms with Gasteiger partial charge in [-0.1, -0.05) is 38.1 Å². The summed E-state index contributed by atoms with van der Waals surface area (Å²) in [4.78, 5) is 14.2. The molecule has 1 aromatic rings. The summed E-state index contributed by atoms with van der Waals surface area (Å²) in [6.07, 6.45) is 1.87. The zero-order chi connectivity index (χ0) is 13.1. The maximum Gasteiger partial charge on any atom is 0.239 e. The fourth-order valence-electron chi connectivity index (χ4n) is 2.38. The second-order valence-electron chi connectivity index (χ2n) is 5.36. The molecule has 0 saturated heterocycles. The summed E-state index contributed by atoms with van der Waals surface area (Å²) in [5.41, 5.74) is 8.69. The molecular formula is C15H22N2O. The molecule has 98 valence electrons. The number of hydrogen-bond acceptors (Lipinski definition) is 2. The van der Waals surface area contributed by atoms with Crippen LogP contribution in [0, 0.1) is 5.92 Å². The van der Waals surface area contributed by atoms with Crippen LogP contribution >= 0.6 is 0 Å². The average Bonchev–Trinajstić information content (AvgIpc) is 2.59. The lowest BCUT2D eigenvalue weighted by molar-refractivity contribution is -0.133. The third-order valence-electron chi connectivity index (χ3n) is 3.74. The normalized spacial score (nSPS) is 17.2. The van der Waals surface area contributed by atoms with Gasteiger partial charge in [0.1, 0.15) is 0 Å². The number of nitrogens with zero attached hydrogens (tertiary/aromatic N) is 1. The Balaban J connectivity index is 2.06. The Morgan fingerprint density at radius 1 is 1.17 bits per heavy atom. The van der Waals surface area contributed by atoms with Crippen LogP contribution in [0.3, 0.4) is 0 Å². The molecule has 0 spiro atoms. The van der Waals surface area contributed by atoms with Crippen molar-refractivity contribution in [3.8, 4) is 0 Å². The third-order valence-corrected chi connectivity index (χ3v) is 3.74. The van der Waals surface area contributed by atoms with Crippen molar-refractivity contribution in [1.29, 1.82) is 0 Å². The Bertz CT molecular complexity index is 401. The molecule has 0 radical (unpaired) electrons. The monoisotopic (exact) mass is 246 g/mol. The molecular weight excluding hydrogens is 224 g/mol. The second-order valence-corrected chi connectivity index (χ2v) is 5.36.